The van der Waals surface area contributed by atoms with Crippen molar-refractivity contribution in [2.75, 3.05) is 19.6 Å². The van der Waals surface area contributed by atoms with Crippen LogP contribution in [-0.4, -0.2) is 52.5 Å². The maximum atomic E-state index is 15.4. The van der Waals surface area contributed by atoms with Crippen LogP contribution in [0.4, 0.5) is 17.6 Å². The number of aryl methyl sites for hydroxylation is 1. The van der Waals surface area contributed by atoms with E-state index in [1.165, 1.54) is 16.7 Å². The van der Waals surface area contributed by atoms with E-state index in [1.807, 2.05) is 31.2 Å². The molecule has 14 heteroatoms. The van der Waals surface area contributed by atoms with Crippen molar-refractivity contribution in [2.24, 2.45) is 22.2 Å². The number of aromatic nitrogens is 3. The molecule has 1 saturated heterocycles. The number of guanidine groups is 1. The van der Waals surface area contributed by atoms with E-state index < -0.39 is 23.6 Å². The van der Waals surface area contributed by atoms with E-state index in [0.29, 0.717) is 42.4 Å². The number of aromatic amines is 1. The number of ether oxygens (including phenoxy) is 1. The third-order valence-corrected chi connectivity index (χ3v) is 7.82. The average molecular weight is 615 g/mol. The lowest BCUT2D eigenvalue weighted by molar-refractivity contribution is -0.275. The zero-order chi connectivity index (χ0) is 31.6. The van der Waals surface area contributed by atoms with Gasteiger partial charge in [0, 0.05) is 48.2 Å². The molecule has 0 bridgehead atoms. The molecule has 0 amide bonds. The third kappa shape index (κ3) is 6.86. The zero-order valence-corrected chi connectivity index (χ0v) is 24.0. The van der Waals surface area contributed by atoms with Crippen molar-refractivity contribution in [3.63, 3.8) is 0 Å². The molecule has 0 aliphatic carbocycles. The monoisotopic (exact) mass is 614 g/mol. The first kappa shape index (κ1) is 31.0. The molecule has 1 aliphatic heterocycles. The van der Waals surface area contributed by atoms with E-state index in [-0.39, 0.29) is 34.3 Å². The van der Waals surface area contributed by atoms with Crippen molar-refractivity contribution in [1.29, 1.82) is 0 Å². The molecule has 0 radical (unpaired) electrons. The molecular formula is C30H34F4N8O2. The summed E-state index contributed by atoms with van der Waals surface area (Å²) >= 11 is 0. The highest BCUT2D eigenvalue weighted by Crippen LogP contribution is 2.36. The van der Waals surface area contributed by atoms with Gasteiger partial charge in [-0.25, -0.2) is 9.18 Å². The summed E-state index contributed by atoms with van der Waals surface area (Å²) in [4.78, 5) is 24.1. The van der Waals surface area contributed by atoms with Gasteiger partial charge in [-0.15, -0.1) is 13.2 Å². The lowest BCUT2D eigenvalue weighted by atomic mass is 9.72. The van der Waals surface area contributed by atoms with Gasteiger partial charge < -0.3 is 32.2 Å². The summed E-state index contributed by atoms with van der Waals surface area (Å²) in [5.74, 6) is -2.08. The van der Waals surface area contributed by atoms with E-state index in [0.717, 1.165) is 31.1 Å². The van der Waals surface area contributed by atoms with E-state index in [1.54, 1.807) is 6.20 Å². The first-order valence-corrected chi connectivity index (χ1v) is 14.2. The van der Waals surface area contributed by atoms with Crippen LogP contribution in [0.25, 0.3) is 28.0 Å². The van der Waals surface area contributed by atoms with Crippen molar-refractivity contribution < 1.29 is 22.3 Å². The van der Waals surface area contributed by atoms with E-state index in [2.05, 4.69) is 25.0 Å². The first-order valence-electron chi connectivity index (χ1n) is 14.2. The predicted octanol–water partition coefficient (Wildman–Crippen LogP) is 3.59. The Balaban J connectivity index is 1.46. The maximum Gasteiger partial charge on any atom is 0.573 e. The molecule has 3 heterocycles. The molecule has 2 aromatic heterocycles. The highest BCUT2D eigenvalue weighted by molar-refractivity contribution is 5.83. The second-order valence-electron chi connectivity index (χ2n) is 11.2. The normalized spacial score (nSPS) is 15.1. The van der Waals surface area contributed by atoms with Crippen LogP contribution in [-0.2, 0) is 11.8 Å². The molecule has 1 fully saturated rings. The largest absolute Gasteiger partial charge is 0.573 e. The fourth-order valence-electron chi connectivity index (χ4n) is 5.47. The summed E-state index contributed by atoms with van der Waals surface area (Å²) in [7, 11) is 0. The molecule has 1 aliphatic rings. The summed E-state index contributed by atoms with van der Waals surface area (Å²) in [5.41, 5.74) is 18.3. The third-order valence-electron chi connectivity index (χ3n) is 7.82. The van der Waals surface area contributed by atoms with Gasteiger partial charge in [-0.3, -0.25) is 9.56 Å². The first-order chi connectivity index (χ1) is 20.8. The Morgan fingerprint density at radius 1 is 1.18 bits per heavy atom. The predicted molar refractivity (Wildman–Crippen MR) is 160 cm³/mol. The van der Waals surface area contributed by atoms with Crippen LogP contribution >= 0.6 is 0 Å². The van der Waals surface area contributed by atoms with Gasteiger partial charge in [-0.1, -0.05) is 12.1 Å². The number of hydrogen-bond acceptors (Lipinski definition) is 6. The summed E-state index contributed by atoms with van der Waals surface area (Å²) < 4.78 is 60.0. The standard InChI is InChI=1S/C30H34F4N8O2/c1-17(35)3-2-4-18-11-22(25(31)24(12-18)44-30(32,33)34)23-13-19-14-42(28(43)41-26(19)40-23)21-7-5-20(6-8-21)29(15-38-16-29)9-10-39-27(36)37/h5-8,11-14,17,38H,2-4,9-10,15-16,35H2,1H3,(H4,36,37,39)(H,40,41,43)/t17-/m0/s1. The zero-order valence-electron chi connectivity index (χ0n) is 24.0. The van der Waals surface area contributed by atoms with Crippen LogP contribution in [0.5, 0.6) is 5.75 Å². The molecule has 0 unspecified atom stereocenters. The van der Waals surface area contributed by atoms with Gasteiger partial charge in [0.25, 0.3) is 0 Å². The summed E-state index contributed by atoms with van der Waals surface area (Å²) in [6.45, 7) is 3.86. The molecule has 8 N–H and O–H groups in total. The molecule has 2 aromatic carbocycles. The van der Waals surface area contributed by atoms with E-state index in [9.17, 15) is 18.0 Å². The smallest absolute Gasteiger partial charge is 0.403 e. The van der Waals surface area contributed by atoms with Gasteiger partial charge in [0.2, 0.25) is 0 Å². The molecule has 44 heavy (non-hydrogen) atoms. The quantitative estimate of drug-likeness (QED) is 0.0980. The molecule has 0 spiro atoms. The van der Waals surface area contributed by atoms with E-state index >= 15 is 4.39 Å². The minimum absolute atomic E-state index is 0.0423. The van der Waals surface area contributed by atoms with Crippen LogP contribution in [0, 0.1) is 5.82 Å². The highest BCUT2D eigenvalue weighted by atomic mass is 19.4. The summed E-state index contributed by atoms with van der Waals surface area (Å²) in [6.07, 6.45) is -1.18. The van der Waals surface area contributed by atoms with Crippen molar-refractivity contribution in [3.8, 4) is 22.7 Å². The number of alkyl halides is 3. The number of fused-ring (bicyclic) bond motifs is 1. The lowest BCUT2D eigenvalue weighted by Crippen LogP contribution is -2.57. The highest BCUT2D eigenvalue weighted by Gasteiger charge is 2.38. The Kier molecular flexibility index (Phi) is 8.66. The lowest BCUT2D eigenvalue weighted by Gasteiger charge is -2.43. The van der Waals surface area contributed by atoms with Crippen LogP contribution < -0.4 is 32.9 Å². The number of aliphatic imine (C=N–C) groups is 1. The van der Waals surface area contributed by atoms with Crippen LogP contribution in [0.2, 0.25) is 0 Å². The molecule has 1 atom stereocenters. The van der Waals surface area contributed by atoms with Gasteiger partial charge in [0.05, 0.1) is 11.4 Å². The molecule has 234 valence electrons. The van der Waals surface area contributed by atoms with E-state index in [4.69, 9.17) is 17.2 Å². The number of H-pyrrole nitrogens is 1. The van der Waals surface area contributed by atoms with Crippen LogP contribution in [0.3, 0.4) is 0 Å². The maximum absolute atomic E-state index is 15.4. The molecule has 0 saturated carbocycles. The average Bonchev–Trinajstić information content (AvgIpc) is 3.33. The SMILES string of the molecule is C[C@H](N)CCCc1cc(OC(F)(F)F)c(F)c(-c2cc3cn(-c4ccc(C5(CCN=C(N)N)CNC5)cc4)c(=O)nc3[nH]2)c1. The van der Waals surface area contributed by atoms with Crippen molar-refractivity contribution in [3.05, 3.63) is 76.1 Å². The van der Waals surface area contributed by atoms with Crippen LogP contribution in [0.15, 0.2) is 58.4 Å². The number of nitrogens with one attached hydrogen (secondary N) is 2. The number of benzene rings is 2. The van der Waals surface area contributed by atoms with Gasteiger partial charge in [-0.2, -0.15) is 4.98 Å². The number of halogens is 4. The Bertz CT molecular complexity index is 1720. The number of nitrogens with two attached hydrogens (primary N) is 3. The molecule has 5 rings (SSSR count). The Morgan fingerprint density at radius 3 is 2.52 bits per heavy atom. The van der Waals surface area contributed by atoms with Crippen molar-refractivity contribution >= 4 is 17.0 Å². The fourth-order valence-corrected chi connectivity index (χ4v) is 5.47. The second kappa shape index (κ2) is 12.3. The van der Waals surface area contributed by atoms with Gasteiger partial charge in [-0.05, 0) is 74.1 Å². The van der Waals surface area contributed by atoms with Gasteiger partial charge >= 0.3 is 12.1 Å². The van der Waals surface area contributed by atoms with Crippen molar-refractivity contribution in [2.45, 2.75) is 50.4 Å². The van der Waals surface area contributed by atoms with Gasteiger partial charge in [0.1, 0.15) is 5.65 Å². The molecule has 10 nitrogen and oxygen atoms in total. The minimum Gasteiger partial charge on any atom is -0.403 e. The van der Waals surface area contributed by atoms with Crippen molar-refractivity contribution in [1.82, 2.24) is 19.9 Å². The van der Waals surface area contributed by atoms with Crippen LogP contribution in [0.1, 0.15) is 37.3 Å². The topological polar surface area (TPSA) is 162 Å². The summed E-state index contributed by atoms with van der Waals surface area (Å²) in [6, 6.07) is 11.5. The second-order valence-corrected chi connectivity index (χ2v) is 11.2. The molecule has 4 aromatic rings. The fraction of sp³-hybridized carbons (Fsp3) is 0.367. The Morgan fingerprint density at radius 2 is 1.91 bits per heavy atom. The molecular weight excluding hydrogens is 580 g/mol. The number of hydrogen-bond donors (Lipinski definition) is 5. The Labute approximate surface area is 250 Å². The van der Waals surface area contributed by atoms with Gasteiger partial charge in [0.15, 0.2) is 17.5 Å². The minimum atomic E-state index is -5.08. The number of nitrogens with zero attached hydrogens (tertiary/aromatic N) is 3. The number of rotatable bonds is 11. The Hall–Kier alpha value is -4.43. The summed E-state index contributed by atoms with van der Waals surface area (Å²) in [5, 5.41) is 3.75.